The Morgan fingerprint density at radius 3 is 2.57 bits per heavy atom. The molecule has 28 heavy (non-hydrogen) atoms. The first-order chi connectivity index (χ1) is 13.5. The van der Waals surface area contributed by atoms with E-state index >= 15 is 0 Å². The van der Waals surface area contributed by atoms with Gasteiger partial charge >= 0.3 is 0 Å². The predicted octanol–water partition coefficient (Wildman–Crippen LogP) is 1.93. The van der Waals surface area contributed by atoms with Crippen molar-refractivity contribution in [1.82, 2.24) is 15.1 Å². The third kappa shape index (κ3) is 4.62. The van der Waals surface area contributed by atoms with Gasteiger partial charge in [0, 0.05) is 38.3 Å². The molecule has 1 saturated heterocycles. The van der Waals surface area contributed by atoms with Gasteiger partial charge in [0.2, 0.25) is 5.91 Å². The second-order valence-corrected chi connectivity index (χ2v) is 7.92. The number of rotatable bonds is 7. The van der Waals surface area contributed by atoms with Gasteiger partial charge in [-0.1, -0.05) is 44.2 Å². The number of benzene rings is 1. The van der Waals surface area contributed by atoms with Crippen LogP contribution in [0.5, 0.6) is 0 Å². The molecule has 0 aromatic heterocycles. The van der Waals surface area contributed by atoms with Gasteiger partial charge in [-0.3, -0.25) is 14.5 Å². The van der Waals surface area contributed by atoms with E-state index in [1.807, 2.05) is 30.4 Å². The molecule has 1 unspecified atom stereocenters. The van der Waals surface area contributed by atoms with Crippen molar-refractivity contribution in [3.05, 3.63) is 48.0 Å². The molecule has 0 saturated carbocycles. The maximum atomic E-state index is 13.3. The summed E-state index contributed by atoms with van der Waals surface area (Å²) in [6.45, 7) is 9.26. The van der Waals surface area contributed by atoms with Gasteiger partial charge in [-0.15, -0.1) is 0 Å². The van der Waals surface area contributed by atoms with E-state index in [9.17, 15) is 9.59 Å². The maximum absolute atomic E-state index is 13.3. The van der Waals surface area contributed by atoms with Crippen molar-refractivity contribution in [2.45, 2.75) is 25.8 Å². The molecule has 2 aliphatic heterocycles. The minimum Gasteiger partial charge on any atom is -0.379 e. The lowest BCUT2D eigenvalue weighted by Crippen LogP contribution is -2.58. The van der Waals surface area contributed by atoms with Crippen molar-refractivity contribution in [2.75, 3.05) is 45.9 Å². The largest absolute Gasteiger partial charge is 0.379 e. The normalized spacial score (nSPS) is 22.6. The lowest BCUT2D eigenvalue weighted by atomic mass is 9.87. The lowest BCUT2D eigenvalue weighted by molar-refractivity contribution is -0.129. The fraction of sp³-hybridized carbons (Fsp3) is 0.545. The molecule has 2 heterocycles. The Morgan fingerprint density at radius 2 is 1.89 bits per heavy atom. The van der Waals surface area contributed by atoms with Crippen LogP contribution in [0.1, 0.15) is 30.6 Å². The average molecular weight is 386 g/mol. The maximum Gasteiger partial charge on any atom is 0.255 e. The molecule has 1 atom stereocenters. The van der Waals surface area contributed by atoms with Gasteiger partial charge in [-0.2, -0.15) is 0 Å². The zero-order valence-electron chi connectivity index (χ0n) is 16.9. The molecule has 1 fully saturated rings. The summed E-state index contributed by atoms with van der Waals surface area (Å²) < 4.78 is 5.37. The molecule has 0 radical (unpaired) electrons. The van der Waals surface area contributed by atoms with E-state index in [1.165, 1.54) is 0 Å². The molecule has 2 aliphatic rings. The van der Waals surface area contributed by atoms with Crippen LogP contribution in [0.2, 0.25) is 0 Å². The van der Waals surface area contributed by atoms with E-state index < -0.39 is 5.54 Å². The summed E-state index contributed by atoms with van der Waals surface area (Å²) >= 11 is 0. The lowest BCUT2D eigenvalue weighted by Gasteiger charge is -2.38. The van der Waals surface area contributed by atoms with Crippen LogP contribution >= 0.6 is 0 Å². The monoisotopic (exact) mass is 385 g/mol. The van der Waals surface area contributed by atoms with Crippen LogP contribution in [0, 0.1) is 5.92 Å². The van der Waals surface area contributed by atoms with Crippen molar-refractivity contribution in [2.24, 2.45) is 5.92 Å². The van der Waals surface area contributed by atoms with E-state index in [-0.39, 0.29) is 17.7 Å². The number of nitrogens with one attached hydrogen (secondary N) is 1. The van der Waals surface area contributed by atoms with Crippen molar-refractivity contribution >= 4 is 11.8 Å². The highest BCUT2D eigenvalue weighted by molar-refractivity contribution is 6.01. The van der Waals surface area contributed by atoms with Crippen LogP contribution in [0.25, 0.3) is 0 Å². The minimum absolute atomic E-state index is 0.0903. The average Bonchev–Trinajstić information content (AvgIpc) is 3.13. The number of morpholine rings is 1. The Morgan fingerprint density at radius 1 is 1.18 bits per heavy atom. The molecule has 2 amide bonds. The minimum atomic E-state index is -0.925. The van der Waals surface area contributed by atoms with Gasteiger partial charge in [-0.05, 0) is 24.5 Å². The molecule has 0 aliphatic carbocycles. The zero-order chi connectivity index (χ0) is 20.0. The predicted molar refractivity (Wildman–Crippen MR) is 109 cm³/mol. The SMILES string of the molecule is CC(C)CC1(C(=O)NCCN2CCOCC2)C=CCN1C(=O)c1ccccc1. The van der Waals surface area contributed by atoms with Crippen LogP contribution in [0.4, 0.5) is 0 Å². The molecule has 0 spiro atoms. The van der Waals surface area contributed by atoms with Gasteiger partial charge in [0.1, 0.15) is 5.54 Å². The van der Waals surface area contributed by atoms with Crippen molar-refractivity contribution in [3.63, 3.8) is 0 Å². The van der Waals surface area contributed by atoms with Crippen LogP contribution in [-0.2, 0) is 9.53 Å². The molecule has 152 valence electrons. The van der Waals surface area contributed by atoms with Crippen molar-refractivity contribution in [3.8, 4) is 0 Å². The van der Waals surface area contributed by atoms with Gasteiger partial charge in [-0.25, -0.2) is 0 Å². The van der Waals surface area contributed by atoms with Crippen LogP contribution in [0.3, 0.4) is 0 Å². The fourth-order valence-electron chi connectivity index (χ4n) is 4.00. The highest BCUT2D eigenvalue weighted by Gasteiger charge is 2.47. The summed E-state index contributed by atoms with van der Waals surface area (Å²) in [5.74, 6) is 0.0842. The zero-order valence-corrected chi connectivity index (χ0v) is 16.9. The number of nitrogens with zero attached hydrogens (tertiary/aromatic N) is 2. The summed E-state index contributed by atoms with van der Waals surface area (Å²) in [5, 5.41) is 3.09. The second kappa shape index (κ2) is 9.34. The van der Waals surface area contributed by atoms with Crippen LogP contribution in [-0.4, -0.2) is 73.1 Å². The third-order valence-corrected chi connectivity index (χ3v) is 5.36. The Balaban J connectivity index is 1.71. The molecular weight excluding hydrogens is 354 g/mol. The Kier molecular flexibility index (Phi) is 6.86. The molecule has 0 bridgehead atoms. The molecule has 3 rings (SSSR count). The first-order valence-corrected chi connectivity index (χ1v) is 10.2. The quantitative estimate of drug-likeness (QED) is 0.729. The van der Waals surface area contributed by atoms with Crippen LogP contribution < -0.4 is 5.32 Å². The molecule has 6 heteroatoms. The molecule has 1 aromatic rings. The van der Waals surface area contributed by atoms with Crippen molar-refractivity contribution in [1.29, 1.82) is 0 Å². The van der Waals surface area contributed by atoms with Crippen LogP contribution in [0.15, 0.2) is 42.5 Å². The number of hydrogen-bond donors (Lipinski definition) is 1. The highest BCUT2D eigenvalue weighted by Crippen LogP contribution is 2.32. The van der Waals surface area contributed by atoms with E-state index in [1.54, 1.807) is 17.0 Å². The van der Waals surface area contributed by atoms with E-state index in [0.717, 1.165) is 32.8 Å². The number of ether oxygens (including phenoxy) is 1. The summed E-state index contributed by atoms with van der Waals surface area (Å²) in [7, 11) is 0. The third-order valence-electron chi connectivity index (χ3n) is 5.36. The Bertz CT molecular complexity index is 698. The first-order valence-electron chi connectivity index (χ1n) is 10.2. The second-order valence-electron chi connectivity index (χ2n) is 7.92. The van der Waals surface area contributed by atoms with E-state index in [2.05, 4.69) is 24.1 Å². The fourth-order valence-corrected chi connectivity index (χ4v) is 4.00. The molecular formula is C22H31N3O3. The van der Waals surface area contributed by atoms with Gasteiger partial charge in [0.15, 0.2) is 0 Å². The van der Waals surface area contributed by atoms with Gasteiger partial charge < -0.3 is 15.0 Å². The summed E-state index contributed by atoms with van der Waals surface area (Å²) in [6.07, 6.45) is 4.45. The summed E-state index contributed by atoms with van der Waals surface area (Å²) in [5.41, 5.74) is -0.313. The molecule has 1 N–H and O–H groups in total. The van der Waals surface area contributed by atoms with E-state index in [4.69, 9.17) is 4.74 Å². The van der Waals surface area contributed by atoms with E-state index in [0.29, 0.717) is 25.1 Å². The summed E-state index contributed by atoms with van der Waals surface area (Å²) in [6, 6.07) is 9.19. The van der Waals surface area contributed by atoms with Gasteiger partial charge in [0.25, 0.3) is 5.91 Å². The topological polar surface area (TPSA) is 61.9 Å². The first kappa shape index (κ1) is 20.6. The standard InChI is InChI=1S/C22H31N3O3/c1-18(2)17-22(21(27)23-10-12-24-13-15-28-16-14-24)9-6-11-25(22)20(26)19-7-4-3-5-8-19/h3-9,18H,10-17H2,1-2H3,(H,23,27). The number of carbonyl (C=O) groups is 2. The highest BCUT2D eigenvalue weighted by atomic mass is 16.5. The smallest absolute Gasteiger partial charge is 0.255 e. The van der Waals surface area contributed by atoms with Gasteiger partial charge in [0.05, 0.1) is 13.2 Å². The Labute approximate surface area is 167 Å². The van der Waals surface area contributed by atoms with Crippen molar-refractivity contribution < 1.29 is 14.3 Å². The number of amides is 2. The number of hydrogen-bond acceptors (Lipinski definition) is 4. The number of carbonyl (C=O) groups excluding carboxylic acids is 2. The molecule has 1 aromatic carbocycles. The Hall–Kier alpha value is -2.18. The summed E-state index contributed by atoms with van der Waals surface area (Å²) in [4.78, 5) is 30.4. The molecule has 6 nitrogen and oxygen atoms in total.